The molecule has 0 amide bonds. The first-order chi connectivity index (χ1) is 5.79. The van der Waals surface area contributed by atoms with Crippen molar-refractivity contribution in [2.45, 2.75) is 0 Å². The van der Waals surface area contributed by atoms with Gasteiger partial charge in [0.1, 0.15) is 0 Å². The Morgan fingerprint density at radius 3 is 1.50 bits per heavy atom. The van der Waals surface area contributed by atoms with Gasteiger partial charge in [-0.2, -0.15) is 0 Å². The maximum atomic E-state index is 2.18. The van der Waals surface area contributed by atoms with Crippen molar-refractivity contribution in [1.29, 1.82) is 0 Å². The zero-order chi connectivity index (χ0) is 8.55. The van der Waals surface area contributed by atoms with Crippen LogP contribution < -0.4 is 8.47 Å². The summed E-state index contributed by atoms with van der Waals surface area (Å²) >= 11 is 8.01. The third-order valence-electron chi connectivity index (χ3n) is 1.93. The SMILES string of the molecule is [Li][c]1ccsc1-c1scc[c]1[Li]. The fourth-order valence-electron chi connectivity index (χ4n) is 1.21. The van der Waals surface area contributed by atoms with Gasteiger partial charge in [0.05, 0.1) is 0 Å². The first-order valence-electron chi connectivity index (χ1n) is 3.87. The van der Waals surface area contributed by atoms with E-state index in [1.165, 1.54) is 18.2 Å². The molecule has 2 aromatic rings. The van der Waals surface area contributed by atoms with E-state index in [0.29, 0.717) is 0 Å². The predicted molar refractivity (Wildman–Crippen MR) is 58.4 cm³/mol. The van der Waals surface area contributed by atoms with Gasteiger partial charge in [0.15, 0.2) is 0 Å². The Balaban J connectivity index is 2.57. The molecule has 0 saturated heterocycles. The molecule has 0 aliphatic rings. The van der Waals surface area contributed by atoms with Crippen molar-refractivity contribution >= 4 is 66.6 Å². The van der Waals surface area contributed by atoms with Crippen LogP contribution in [-0.4, -0.2) is 35.4 Å². The molecule has 2 aromatic heterocycles. The summed E-state index contributed by atoms with van der Waals surface area (Å²) in [5.41, 5.74) is 0. The standard InChI is InChI=1S/C8H4S2.2Li/c1-3-7(9-5-1)8-4-2-6-10-8;;/h1-2,5-6H;;. The van der Waals surface area contributed by atoms with E-state index in [1.807, 2.05) is 22.7 Å². The molecule has 0 N–H and O–H groups in total. The summed E-state index contributed by atoms with van der Waals surface area (Å²) in [7, 11) is 0. The molecule has 2 heterocycles. The second kappa shape index (κ2) is 3.76. The van der Waals surface area contributed by atoms with E-state index in [0.717, 1.165) is 0 Å². The molecule has 0 spiro atoms. The molecule has 2 rings (SSSR count). The Morgan fingerprint density at radius 2 is 1.25 bits per heavy atom. The Bertz CT molecular complexity index is 351. The molecule has 0 unspecified atom stereocenters. The number of hydrogen-bond donors (Lipinski definition) is 0. The van der Waals surface area contributed by atoms with Crippen LogP contribution in [0.3, 0.4) is 0 Å². The van der Waals surface area contributed by atoms with Crippen LogP contribution in [-0.2, 0) is 0 Å². The second-order valence-electron chi connectivity index (χ2n) is 2.87. The van der Waals surface area contributed by atoms with Gasteiger partial charge in [-0.3, -0.25) is 0 Å². The van der Waals surface area contributed by atoms with E-state index in [4.69, 9.17) is 0 Å². The van der Waals surface area contributed by atoms with Crippen molar-refractivity contribution in [3.63, 3.8) is 0 Å². The predicted octanol–water partition coefficient (Wildman–Crippen LogP) is 1.06. The van der Waals surface area contributed by atoms with Gasteiger partial charge in [-0.05, 0) is 0 Å². The Kier molecular flexibility index (Phi) is 2.87. The Hall–Kier alpha value is 0.595. The Morgan fingerprint density at radius 1 is 0.833 bits per heavy atom. The Labute approximate surface area is 98.4 Å². The summed E-state index contributed by atoms with van der Waals surface area (Å²) in [5, 5.41) is 4.31. The monoisotopic (exact) mass is 178 g/mol. The summed E-state index contributed by atoms with van der Waals surface area (Å²) in [4.78, 5) is 2.87. The van der Waals surface area contributed by atoms with Crippen LogP contribution in [0.5, 0.6) is 0 Å². The zero-order valence-corrected chi connectivity index (χ0v) is 8.76. The summed E-state index contributed by atoms with van der Waals surface area (Å²) in [6.07, 6.45) is 0. The van der Waals surface area contributed by atoms with Crippen LogP contribution in [0.25, 0.3) is 9.75 Å². The van der Waals surface area contributed by atoms with Crippen LogP contribution >= 0.6 is 22.7 Å². The van der Waals surface area contributed by atoms with E-state index < -0.39 is 0 Å². The molecule has 12 heavy (non-hydrogen) atoms. The molecular weight excluding hydrogens is 174 g/mol. The molecular formula is C8H4Li2S2. The molecule has 0 nitrogen and oxygen atoms in total. The van der Waals surface area contributed by atoms with E-state index in [-0.39, 0.29) is 0 Å². The first-order valence-corrected chi connectivity index (χ1v) is 5.63. The molecule has 50 valence electrons. The van der Waals surface area contributed by atoms with Crippen LogP contribution in [0.1, 0.15) is 0 Å². The average molecular weight is 178 g/mol. The van der Waals surface area contributed by atoms with Crippen LogP contribution in [0.2, 0.25) is 0 Å². The van der Waals surface area contributed by atoms with Crippen molar-refractivity contribution in [3.05, 3.63) is 22.9 Å². The van der Waals surface area contributed by atoms with Crippen molar-refractivity contribution in [1.82, 2.24) is 0 Å². The first kappa shape index (κ1) is 9.16. The van der Waals surface area contributed by atoms with Crippen LogP contribution in [0.15, 0.2) is 22.9 Å². The van der Waals surface area contributed by atoms with Gasteiger partial charge in [0.25, 0.3) is 0 Å². The summed E-state index contributed by atoms with van der Waals surface area (Å²) in [5.74, 6) is 0. The van der Waals surface area contributed by atoms with Crippen molar-refractivity contribution in [2.75, 3.05) is 0 Å². The molecule has 0 atom stereocenters. The molecule has 0 aliphatic carbocycles. The molecule has 0 fully saturated rings. The average Bonchev–Trinajstić information content (AvgIpc) is 2.59. The summed E-state index contributed by atoms with van der Waals surface area (Å²) in [6, 6.07) is 4.36. The van der Waals surface area contributed by atoms with Crippen LogP contribution in [0.4, 0.5) is 0 Å². The maximum absolute atomic E-state index is 2.18. The van der Waals surface area contributed by atoms with Crippen LogP contribution in [0, 0.1) is 0 Å². The third kappa shape index (κ3) is 1.61. The number of thiophene rings is 2. The van der Waals surface area contributed by atoms with Crippen molar-refractivity contribution < 1.29 is 0 Å². The van der Waals surface area contributed by atoms with Crippen molar-refractivity contribution in [2.24, 2.45) is 0 Å². The summed E-state index contributed by atoms with van der Waals surface area (Å²) in [6.45, 7) is 0. The van der Waals surface area contributed by atoms with Crippen molar-refractivity contribution in [3.8, 4) is 9.75 Å². The minimum absolute atomic E-state index is 1.39. The van der Waals surface area contributed by atoms with Gasteiger partial charge in [-0.1, -0.05) is 0 Å². The third-order valence-corrected chi connectivity index (χ3v) is 4.13. The molecule has 4 heteroatoms. The molecule has 0 aliphatic heterocycles. The number of hydrogen-bond acceptors (Lipinski definition) is 2. The summed E-state index contributed by atoms with van der Waals surface area (Å²) < 4.78 is 2.79. The molecule has 0 bridgehead atoms. The zero-order valence-electron chi connectivity index (χ0n) is 7.13. The second-order valence-corrected chi connectivity index (χ2v) is 4.70. The minimum atomic E-state index is 1.39. The number of rotatable bonds is 1. The molecule has 0 aromatic carbocycles. The molecule has 0 radical (unpaired) electrons. The quantitative estimate of drug-likeness (QED) is 0.573. The van der Waals surface area contributed by atoms with Gasteiger partial charge in [0, 0.05) is 0 Å². The normalized spacial score (nSPS) is 10.7. The van der Waals surface area contributed by atoms with Gasteiger partial charge in [-0.25, -0.2) is 0 Å². The fourth-order valence-corrected chi connectivity index (χ4v) is 3.36. The topological polar surface area (TPSA) is 0 Å². The van der Waals surface area contributed by atoms with Gasteiger partial charge < -0.3 is 0 Å². The molecule has 0 saturated carbocycles. The van der Waals surface area contributed by atoms with E-state index in [1.54, 1.807) is 0 Å². The van der Waals surface area contributed by atoms with Gasteiger partial charge in [-0.15, -0.1) is 0 Å². The fraction of sp³-hybridized carbons (Fsp3) is 0. The van der Waals surface area contributed by atoms with E-state index in [2.05, 4.69) is 58.3 Å². The van der Waals surface area contributed by atoms with E-state index >= 15 is 0 Å². The van der Waals surface area contributed by atoms with Gasteiger partial charge >= 0.3 is 99.2 Å². The van der Waals surface area contributed by atoms with Gasteiger partial charge in [0.2, 0.25) is 0 Å². The van der Waals surface area contributed by atoms with E-state index in [9.17, 15) is 0 Å².